The molecule has 0 aliphatic carbocycles. The van der Waals surface area contributed by atoms with E-state index < -0.39 is 0 Å². The van der Waals surface area contributed by atoms with Crippen LogP contribution in [0.3, 0.4) is 0 Å². The van der Waals surface area contributed by atoms with Gasteiger partial charge in [-0.1, -0.05) is 13.3 Å². The van der Waals surface area contributed by atoms with Crippen molar-refractivity contribution in [2.24, 2.45) is 0 Å². The van der Waals surface area contributed by atoms with Crippen molar-refractivity contribution in [1.29, 1.82) is 0 Å². The summed E-state index contributed by atoms with van der Waals surface area (Å²) in [5.41, 5.74) is 1.57. The first-order valence-electron chi connectivity index (χ1n) is 7.15. The largest absolute Gasteiger partial charge is 0.377 e. The number of nitrogens with zero attached hydrogens (tertiary/aromatic N) is 1. The zero-order valence-electron chi connectivity index (χ0n) is 12.8. The summed E-state index contributed by atoms with van der Waals surface area (Å²) in [6, 6.07) is 3.61. The molecular formula is C15H25N3O2. The third-order valence-electron chi connectivity index (χ3n) is 2.74. The van der Waals surface area contributed by atoms with Crippen LogP contribution in [0.1, 0.15) is 43.2 Å². The molecule has 20 heavy (non-hydrogen) atoms. The van der Waals surface area contributed by atoms with Gasteiger partial charge < -0.3 is 15.4 Å². The van der Waals surface area contributed by atoms with E-state index in [0.717, 1.165) is 24.4 Å². The van der Waals surface area contributed by atoms with Crippen molar-refractivity contribution in [3.63, 3.8) is 0 Å². The van der Waals surface area contributed by atoms with Gasteiger partial charge in [-0.25, -0.2) is 4.98 Å². The molecule has 0 aliphatic rings. The minimum atomic E-state index is -0.0893. The van der Waals surface area contributed by atoms with Crippen LogP contribution in [-0.2, 0) is 11.2 Å². The van der Waals surface area contributed by atoms with Crippen LogP contribution in [0.2, 0.25) is 0 Å². The van der Waals surface area contributed by atoms with E-state index in [9.17, 15) is 4.79 Å². The summed E-state index contributed by atoms with van der Waals surface area (Å²) in [7, 11) is 1.80. The van der Waals surface area contributed by atoms with Gasteiger partial charge >= 0.3 is 0 Å². The Bertz CT molecular complexity index is 433. The van der Waals surface area contributed by atoms with Crippen molar-refractivity contribution >= 4 is 11.7 Å². The molecule has 0 saturated carbocycles. The maximum Gasteiger partial charge on any atom is 0.251 e. The Hall–Kier alpha value is -1.62. The van der Waals surface area contributed by atoms with Gasteiger partial charge in [0.05, 0.1) is 12.7 Å². The van der Waals surface area contributed by atoms with Crippen molar-refractivity contribution in [3.05, 3.63) is 23.4 Å². The highest BCUT2D eigenvalue weighted by Crippen LogP contribution is 2.11. The highest BCUT2D eigenvalue weighted by atomic mass is 16.5. The van der Waals surface area contributed by atoms with Crippen LogP contribution in [0.25, 0.3) is 0 Å². The van der Waals surface area contributed by atoms with Crippen LogP contribution in [0.5, 0.6) is 0 Å². The Morgan fingerprint density at radius 1 is 1.40 bits per heavy atom. The fourth-order valence-corrected chi connectivity index (χ4v) is 1.79. The number of aromatic nitrogens is 1. The van der Waals surface area contributed by atoms with Crippen molar-refractivity contribution in [2.75, 3.05) is 25.5 Å². The second kappa shape index (κ2) is 8.53. The molecule has 2 N–H and O–H groups in total. The van der Waals surface area contributed by atoms with Crippen molar-refractivity contribution in [2.45, 2.75) is 39.7 Å². The number of pyridine rings is 1. The molecule has 0 aliphatic heterocycles. The molecule has 0 saturated heterocycles. The van der Waals surface area contributed by atoms with Gasteiger partial charge in [-0.05, 0) is 32.4 Å². The predicted octanol–water partition coefficient (Wildman–Crippen LogP) is 2.23. The first-order chi connectivity index (χ1) is 9.56. The van der Waals surface area contributed by atoms with Crippen LogP contribution in [0, 0.1) is 0 Å². The van der Waals surface area contributed by atoms with Crippen molar-refractivity contribution in [1.82, 2.24) is 10.3 Å². The zero-order chi connectivity index (χ0) is 15.0. The number of amides is 1. The molecule has 0 unspecified atom stereocenters. The van der Waals surface area contributed by atoms with Gasteiger partial charge in [0.1, 0.15) is 5.82 Å². The lowest BCUT2D eigenvalue weighted by Gasteiger charge is -2.10. The quantitative estimate of drug-likeness (QED) is 0.716. The fraction of sp³-hybridized carbons (Fsp3) is 0.600. The number of carbonyl (C=O) groups is 1. The minimum absolute atomic E-state index is 0.0893. The SMILES string of the molecule is CCCc1cc(C(=O)NCCOC(C)C)cc(NC)n1. The molecule has 1 rings (SSSR count). The molecule has 0 bridgehead atoms. The van der Waals surface area contributed by atoms with Gasteiger partial charge in [0.15, 0.2) is 0 Å². The van der Waals surface area contributed by atoms with Gasteiger partial charge in [0.25, 0.3) is 5.91 Å². The van der Waals surface area contributed by atoms with Crippen molar-refractivity contribution < 1.29 is 9.53 Å². The first kappa shape index (κ1) is 16.4. The van der Waals surface area contributed by atoms with Crippen LogP contribution in [0.4, 0.5) is 5.82 Å². The standard InChI is InChI=1S/C15H25N3O2/c1-5-6-13-9-12(10-14(16-4)18-13)15(19)17-7-8-20-11(2)3/h9-11H,5-8H2,1-4H3,(H,16,18)(H,17,19). The minimum Gasteiger partial charge on any atom is -0.377 e. The van der Waals surface area contributed by atoms with Crippen LogP contribution in [0.15, 0.2) is 12.1 Å². The van der Waals surface area contributed by atoms with E-state index in [-0.39, 0.29) is 12.0 Å². The van der Waals surface area contributed by atoms with E-state index in [4.69, 9.17) is 4.74 Å². The Kier molecular flexibility index (Phi) is 7.01. The molecule has 5 nitrogen and oxygen atoms in total. The summed E-state index contributed by atoms with van der Waals surface area (Å²) < 4.78 is 5.40. The van der Waals surface area contributed by atoms with Crippen LogP contribution in [-0.4, -0.2) is 37.2 Å². The molecule has 0 fully saturated rings. The van der Waals surface area contributed by atoms with E-state index in [1.165, 1.54) is 0 Å². The monoisotopic (exact) mass is 279 g/mol. The van der Waals surface area contributed by atoms with E-state index >= 15 is 0 Å². The van der Waals surface area contributed by atoms with E-state index in [0.29, 0.717) is 18.7 Å². The van der Waals surface area contributed by atoms with Gasteiger partial charge in [0.2, 0.25) is 0 Å². The summed E-state index contributed by atoms with van der Waals surface area (Å²) >= 11 is 0. The number of aryl methyl sites for hydroxylation is 1. The zero-order valence-corrected chi connectivity index (χ0v) is 12.8. The maximum atomic E-state index is 12.1. The van der Waals surface area contributed by atoms with E-state index in [1.54, 1.807) is 13.1 Å². The lowest BCUT2D eigenvalue weighted by molar-refractivity contribution is 0.0746. The summed E-state index contributed by atoms with van der Waals surface area (Å²) in [4.78, 5) is 16.5. The number of ether oxygens (including phenoxy) is 1. The van der Waals surface area contributed by atoms with E-state index in [2.05, 4.69) is 22.5 Å². The Labute approximate surface area is 121 Å². The average molecular weight is 279 g/mol. The number of nitrogens with one attached hydrogen (secondary N) is 2. The fourth-order valence-electron chi connectivity index (χ4n) is 1.79. The number of rotatable bonds is 8. The van der Waals surface area contributed by atoms with Gasteiger partial charge in [-0.3, -0.25) is 4.79 Å². The first-order valence-corrected chi connectivity index (χ1v) is 7.15. The van der Waals surface area contributed by atoms with Gasteiger partial charge in [-0.2, -0.15) is 0 Å². The second-order valence-corrected chi connectivity index (χ2v) is 4.91. The molecule has 1 aromatic rings. The maximum absolute atomic E-state index is 12.1. The summed E-state index contributed by atoms with van der Waals surface area (Å²) in [5.74, 6) is 0.633. The molecule has 0 radical (unpaired) electrons. The molecule has 0 atom stereocenters. The molecule has 1 amide bonds. The molecule has 0 aromatic carbocycles. The Morgan fingerprint density at radius 3 is 2.75 bits per heavy atom. The highest BCUT2D eigenvalue weighted by Gasteiger charge is 2.09. The second-order valence-electron chi connectivity index (χ2n) is 4.91. The van der Waals surface area contributed by atoms with Gasteiger partial charge in [-0.15, -0.1) is 0 Å². The van der Waals surface area contributed by atoms with Gasteiger partial charge in [0, 0.05) is 24.8 Å². The lowest BCUT2D eigenvalue weighted by Crippen LogP contribution is -2.28. The summed E-state index contributed by atoms with van der Waals surface area (Å²) in [6.07, 6.45) is 2.05. The number of hydrogen-bond acceptors (Lipinski definition) is 4. The molecule has 1 aromatic heterocycles. The predicted molar refractivity (Wildman–Crippen MR) is 81.2 cm³/mol. The Balaban J connectivity index is 2.64. The highest BCUT2D eigenvalue weighted by molar-refractivity contribution is 5.95. The van der Waals surface area contributed by atoms with E-state index in [1.807, 2.05) is 19.9 Å². The summed E-state index contributed by atoms with van der Waals surface area (Å²) in [5, 5.41) is 5.84. The number of carbonyl (C=O) groups excluding carboxylic acids is 1. The number of anilines is 1. The third-order valence-corrected chi connectivity index (χ3v) is 2.74. The summed E-state index contributed by atoms with van der Waals surface area (Å²) in [6.45, 7) is 7.07. The smallest absolute Gasteiger partial charge is 0.251 e. The average Bonchev–Trinajstić information content (AvgIpc) is 2.43. The molecule has 1 heterocycles. The molecule has 0 spiro atoms. The third kappa shape index (κ3) is 5.57. The lowest BCUT2D eigenvalue weighted by atomic mass is 10.1. The van der Waals surface area contributed by atoms with Crippen LogP contribution < -0.4 is 10.6 Å². The van der Waals surface area contributed by atoms with Crippen molar-refractivity contribution in [3.8, 4) is 0 Å². The molecule has 112 valence electrons. The van der Waals surface area contributed by atoms with Crippen LogP contribution >= 0.6 is 0 Å². The Morgan fingerprint density at radius 2 is 2.15 bits per heavy atom. The number of hydrogen-bond donors (Lipinski definition) is 2. The molecular weight excluding hydrogens is 254 g/mol. The molecule has 5 heteroatoms. The topological polar surface area (TPSA) is 63.2 Å². The normalized spacial score (nSPS) is 10.7.